The third-order valence-corrected chi connectivity index (χ3v) is 3.11. The molecule has 1 fully saturated rings. The highest BCUT2D eigenvalue weighted by atomic mass is 15.3. The Labute approximate surface area is 88.5 Å². The number of piperazine rings is 1. The zero-order chi connectivity index (χ0) is 10.4. The van der Waals surface area contributed by atoms with Crippen molar-refractivity contribution in [1.29, 1.82) is 0 Å². The van der Waals surface area contributed by atoms with E-state index in [4.69, 9.17) is 0 Å². The Hall–Kier alpha value is -0.120. The van der Waals surface area contributed by atoms with E-state index in [0.29, 0.717) is 6.17 Å². The Morgan fingerprint density at radius 2 is 1.79 bits per heavy atom. The Morgan fingerprint density at radius 3 is 2.21 bits per heavy atom. The summed E-state index contributed by atoms with van der Waals surface area (Å²) in [6.45, 7) is 10.7. The molecule has 1 saturated heterocycles. The van der Waals surface area contributed by atoms with Crippen LogP contribution in [0.3, 0.4) is 0 Å². The topological polar surface area (TPSA) is 18.5 Å². The number of nitrogens with one attached hydrogen (secondary N) is 1. The third kappa shape index (κ3) is 3.23. The molecule has 1 rings (SSSR count). The molecule has 0 amide bonds. The van der Waals surface area contributed by atoms with Crippen LogP contribution in [0, 0.1) is 0 Å². The molecule has 0 aliphatic carbocycles. The van der Waals surface area contributed by atoms with E-state index in [1.807, 2.05) is 0 Å². The zero-order valence-electron chi connectivity index (χ0n) is 9.92. The van der Waals surface area contributed by atoms with Crippen LogP contribution in [0.1, 0.15) is 26.7 Å². The van der Waals surface area contributed by atoms with Crippen LogP contribution in [0.5, 0.6) is 0 Å². The van der Waals surface area contributed by atoms with E-state index in [0.717, 1.165) is 0 Å². The number of rotatable bonds is 5. The molecule has 0 spiro atoms. The standard InChI is InChI=1S/C11H25N3/c1-4-6-13-7-9-14(10-8-13)11(5-2)12-3/h11-12H,4-10H2,1-3H3. The van der Waals surface area contributed by atoms with Crippen molar-refractivity contribution in [2.24, 2.45) is 0 Å². The Bertz CT molecular complexity index is 137. The minimum Gasteiger partial charge on any atom is -0.305 e. The maximum absolute atomic E-state index is 3.38. The minimum atomic E-state index is 0.582. The first-order valence-corrected chi connectivity index (χ1v) is 5.95. The second-order valence-corrected chi connectivity index (χ2v) is 4.09. The van der Waals surface area contributed by atoms with Gasteiger partial charge in [-0.15, -0.1) is 0 Å². The molecule has 84 valence electrons. The summed E-state index contributed by atoms with van der Waals surface area (Å²) in [4.78, 5) is 5.13. The van der Waals surface area contributed by atoms with Crippen molar-refractivity contribution in [3.63, 3.8) is 0 Å². The molecule has 1 atom stereocenters. The van der Waals surface area contributed by atoms with E-state index in [-0.39, 0.29) is 0 Å². The van der Waals surface area contributed by atoms with Gasteiger partial charge < -0.3 is 10.2 Å². The van der Waals surface area contributed by atoms with Crippen molar-refractivity contribution in [3.05, 3.63) is 0 Å². The van der Waals surface area contributed by atoms with Gasteiger partial charge in [-0.1, -0.05) is 13.8 Å². The second-order valence-electron chi connectivity index (χ2n) is 4.09. The SMILES string of the molecule is CCCN1CCN(C(CC)NC)CC1. The van der Waals surface area contributed by atoms with Crippen molar-refractivity contribution < 1.29 is 0 Å². The Morgan fingerprint density at radius 1 is 1.14 bits per heavy atom. The quantitative estimate of drug-likeness (QED) is 0.712. The fraction of sp³-hybridized carbons (Fsp3) is 1.00. The minimum absolute atomic E-state index is 0.582. The highest BCUT2D eigenvalue weighted by Gasteiger charge is 2.20. The van der Waals surface area contributed by atoms with Crippen LogP contribution in [0.15, 0.2) is 0 Å². The van der Waals surface area contributed by atoms with Gasteiger partial charge in [0.15, 0.2) is 0 Å². The summed E-state index contributed by atoms with van der Waals surface area (Å²) in [6.07, 6.45) is 3.06. The normalized spacial score (nSPS) is 22.5. The monoisotopic (exact) mass is 199 g/mol. The van der Waals surface area contributed by atoms with Crippen molar-refractivity contribution in [2.75, 3.05) is 39.8 Å². The lowest BCUT2D eigenvalue weighted by molar-refractivity contribution is 0.0830. The van der Waals surface area contributed by atoms with Gasteiger partial charge in [0.05, 0.1) is 6.17 Å². The fourth-order valence-corrected chi connectivity index (χ4v) is 2.26. The van der Waals surface area contributed by atoms with Gasteiger partial charge in [0, 0.05) is 26.2 Å². The van der Waals surface area contributed by atoms with Crippen LogP contribution in [-0.4, -0.2) is 55.7 Å². The van der Waals surface area contributed by atoms with Crippen molar-refractivity contribution in [1.82, 2.24) is 15.1 Å². The van der Waals surface area contributed by atoms with E-state index in [2.05, 4.69) is 36.0 Å². The van der Waals surface area contributed by atoms with Crippen molar-refractivity contribution in [2.45, 2.75) is 32.9 Å². The summed E-state index contributed by atoms with van der Waals surface area (Å²) in [5, 5.41) is 3.38. The molecule has 0 saturated carbocycles. The second kappa shape index (κ2) is 6.38. The molecule has 0 bridgehead atoms. The molecule has 1 aliphatic heterocycles. The molecule has 0 radical (unpaired) electrons. The highest BCUT2D eigenvalue weighted by molar-refractivity contribution is 4.75. The smallest absolute Gasteiger partial charge is 0.0592 e. The van der Waals surface area contributed by atoms with Gasteiger partial charge in [0.1, 0.15) is 0 Å². The molecule has 1 unspecified atom stereocenters. The maximum Gasteiger partial charge on any atom is 0.0592 e. The molecule has 3 nitrogen and oxygen atoms in total. The largest absolute Gasteiger partial charge is 0.305 e. The van der Waals surface area contributed by atoms with E-state index >= 15 is 0 Å². The summed E-state index contributed by atoms with van der Waals surface area (Å²) in [5.74, 6) is 0. The van der Waals surface area contributed by atoms with E-state index < -0.39 is 0 Å². The summed E-state index contributed by atoms with van der Waals surface area (Å²) in [5.41, 5.74) is 0. The number of hydrogen-bond acceptors (Lipinski definition) is 3. The number of hydrogen-bond donors (Lipinski definition) is 1. The Kier molecular flexibility index (Phi) is 5.45. The van der Waals surface area contributed by atoms with Crippen molar-refractivity contribution in [3.8, 4) is 0 Å². The molecule has 1 N–H and O–H groups in total. The third-order valence-electron chi connectivity index (χ3n) is 3.11. The van der Waals surface area contributed by atoms with Crippen LogP contribution < -0.4 is 5.32 Å². The lowest BCUT2D eigenvalue weighted by Crippen LogP contribution is -2.53. The summed E-state index contributed by atoms with van der Waals surface area (Å²) >= 11 is 0. The highest BCUT2D eigenvalue weighted by Crippen LogP contribution is 2.07. The van der Waals surface area contributed by atoms with Gasteiger partial charge in [0.2, 0.25) is 0 Å². The van der Waals surface area contributed by atoms with E-state index in [1.165, 1.54) is 45.6 Å². The van der Waals surface area contributed by atoms with Crippen LogP contribution in [0.25, 0.3) is 0 Å². The average molecular weight is 199 g/mol. The van der Waals surface area contributed by atoms with Gasteiger partial charge in [-0.2, -0.15) is 0 Å². The first kappa shape index (κ1) is 12.0. The van der Waals surface area contributed by atoms with E-state index in [9.17, 15) is 0 Å². The first-order chi connectivity index (χ1) is 6.81. The molecule has 0 aromatic heterocycles. The first-order valence-electron chi connectivity index (χ1n) is 5.95. The molecular formula is C11H25N3. The van der Waals surface area contributed by atoms with Gasteiger partial charge >= 0.3 is 0 Å². The summed E-state index contributed by atoms with van der Waals surface area (Å²) in [7, 11) is 2.06. The van der Waals surface area contributed by atoms with Crippen LogP contribution in [0.2, 0.25) is 0 Å². The number of nitrogens with zero attached hydrogens (tertiary/aromatic N) is 2. The van der Waals surface area contributed by atoms with Crippen LogP contribution >= 0.6 is 0 Å². The van der Waals surface area contributed by atoms with Gasteiger partial charge in [-0.05, 0) is 26.4 Å². The van der Waals surface area contributed by atoms with Gasteiger partial charge in [-0.3, -0.25) is 4.90 Å². The fourth-order valence-electron chi connectivity index (χ4n) is 2.26. The van der Waals surface area contributed by atoms with Crippen LogP contribution in [-0.2, 0) is 0 Å². The summed E-state index contributed by atoms with van der Waals surface area (Å²) < 4.78 is 0. The molecule has 3 heteroatoms. The summed E-state index contributed by atoms with van der Waals surface area (Å²) in [6, 6.07) is 0. The molecule has 0 aromatic carbocycles. The molecule has 1 heterocycles. The zero-order valence-corrected chi connectivity index (χ0v) is 9.92. The molecule has 1 aliphatic rings. The van der Waals surface area contributed by atoms with Gasteiger partial charge in [-0.25, -0.2) is 0 Å². The molecule has 0 aromatic rings. The van der Waals surface area contributed by atoms with Crippen molar-refractivity contribution >= 4 is 0 Å². The van der Waals surface area contributed by atoms with E-state index in [1.54, 1.807) is 0 Å². The lowest BCUT2D eigenvalue weighted by Gasteiger charge is -2.38. The predicted octanol–water partition coefficient (Wildman–Crippen LogP) is 0.970. The van der Waals surface area contributed by atoms with Gasteiger partial charge in [0.25, 0.3) is 0 Å². The average Bonchev–Trinajstić information content (AvgIpc) is 2.23. The molecule has 14 heavy (non-hydrogen) atoms. The predicted molar refractivity (Wildman–Crippen MR) is 61.4 cm³/mol. The maximum atomic E-state index is 3.38. The lowest BCUT2D eigenvalue weighted by atomic mass is 10.2. The Balaban J connectivity index is 2.27. The van der Waals surface area contributed by atoms with Crippen LogP contribution in [0.4, 0.5) is 0 Å². The molecular weight excluding hydrogens is 174 g/mol.